The Morgan fingerprint density at radius 1 is 1.29 bits per heavy atom. The summed E-state index contributed by atoms with van der Waals surface area (Å²) in [4.78, 5) is 11.8. The average molecular weight is 277 g/mol. The van der Waals surface area contributed by atoms with Gasteiger partial charge in [0.2, 0.25) is 0 Å². The number of benzene rings is 1. The highest BCUT2D eigenvalue weighted by Gasteiger charge is 2.17. The van der Waals surface area contributed by atoms with Crippen LogP contribution in [0.25, 0.3) is 0 Å². The van der Waals surface area contributed by atoms with Crippen molar-refractivity contribution in [3.63, 3.8) is 0 Å². The Morgan fingerprint density at radius 2 is 1.88 bits per heavy atom. The van der Waals surface area contributed by atoms with Crippen LogP contribution in [0, 0.1) is 0 Å². The predicted octanol–water partition coefficient (Wildman–Crippen LogP) is 3.96. The monoisotopic (exact) mass is 276 g/mol. The van der Waals surface area contributed by atoms with Crippen molar-refractivity contribution in [1.29, 1.82) is 0 Å². The summed E-state index contributed by atoms with van der Waals surface area (Å²) in [5, 5.41) is 0.641. The molecule has 0 bridgehead atoms. The second kappa shape index (κ2) is 6.12. The van der Waals surface area contributed by atoms with E-state index in [2.05, 4.69) is 0 Å². The van der Waals surface area contributed by atoms with Crippen molar-refractivity contribution in [2.24, 2.45) is 0 Å². The third-order valence-electron chi connectivity index (χ3n) is 1.88. The van der Waals surface area contributed by atoms with Gasteiger partial charge in [0, 0.05) is 6.07 Å². The number of esters is 1. The second-order valence-corrected chi connectivity index (χ2v) is 4.46. The average Bonchev–Trinajstić information content (AvgIpc) is 2.22. The van der Waals surface area contributed by atoms with Gasteiger partial charge in [0.1, 0.15) is 11.3 Å². The van der Waals surface area contributed by atoms with Crippen LogP contribution >= 0.6 is 23.2 Å². The fraction of sp³-hybridized carbons (Fsp3) is 0.417. The number of carbonyl (C=O) groups is 1. The fourth-order valence-corrected chi connectivity index (χ4v) is 1.56. The molecule has 1 aromatic rings. The molecule has 0 unspecified atom stereocenters. The standard InChI is InChI=1S/C12H14Cl2O3/c1-4-16-11-6-10(14)9(13)5-8(11)12(15)17-7(2)3/h5-7H,4H2,1-3H3. The normalized spacial score (nSPS) is 10.5. The van der Waals surface area contributed by atoms with Crippen molar-refractivity contribution < 1.29 is 14.3 Å². The lowest BCUT2D eigenvalue weighted by Gasteiger charge is -2.13. The van der Waals surface area contributed by atoms with Gasteiger partial charge in [-0.25, -0.2) is 4.79 Å². The summed E-state index contributed by atoms with van der Waals surface area (Å²) in [7, 11) is 0. The SMILES string of the molecule is CCOc1cc(Cl)c(Cl)cc1C(=O)OC(C)C. The molecular formula is C12H14Cl2O3. The lowest BCUT2D eigenvalue weighted by Crippen LogP contribution is -2.13. The molecule has 0 saturated heterocycles. The third kappa shape index (κ3) is 3.79. The zero-order valence-electron chi connectivity index (χ0n) is 9.92. The zero-order chi connectivity index (χ0) is 13.0. The zero-order valence-corrected chi connectivity index (χ0v) is 11.4. The molecule has 17 heavy (non-hydrogen) atoms. The van der Waals surface area contributed by atoms with Crippen LogP contribution < -0.4 is 4.74 Å². The van der Waals surface area contributed by atoms with Crippen LogP contribution in [0.15, 0.2) is 12.1 Å². The summed E-state index contributed by atoms with van der Waals surface area (Å²) in [6.45, 7) is 5.80. The minimum absolute atomic E-state index is 0.202. The first-order chi connectivity index (χ1) is 7.95. The first-order valence-electron chi connectivity index (χ1n) is 5.28. The van der Waals surface area contributed by atoms with E-state index < -0.39 is 5.97 Å². The summed E-state index contributed by atoms with van der Waals surface area (Å²) in [6.07, 6.45) is -0.202. The molecule has 0 heterocycles. The van der Waals surface area contributed by atoms with Crippen molar-refractivity contribution in [3.8, 4) is 5.75 Å². The van der Waals surface area contributed by atoms with E-state index in [-0.39, 0.29) is 11.7 Å². The highest BCUT2D eigenvalue weighted by Crippen LogP contribution is 2.31. The molecule has 0 radical (unpaired) electrons. The molecule has 0 saturated carbocycles. The molecular weight excluding hydrogens is 263 g/mol. The number of hydrogen-bond acceptors (Lipinski definition) is 3. The van der Waals surface area contributed by atoms with Crippen molar-refractivity contribution in [1.82, 2.24) is 0 Å². The molecule has 0 aliphatic heterocycles. The van der Waals surface area contributed by atoms with Crippen molar-refractivity contribution in [3.05, 3.63) is 27.7 Å². The van der Waals surface area contributed by atoms with Crippen LogP contribution in [-0.2, 0) is 4.74 Å². The van der Waals surface area contributed by atoms with Crippen molar-refractivity contribution in [2.75, 3.05) is 6.61 Å². The molecule has 5 heteroatoms. The maximum absolute atomic E-state index is 11.8. The highest BCUT2D eigenvalue weighted by atomic mass is 35.5. The molecule has 0 aromatic heterocycles. The van der Waals surface area contributed by atoms with Gasteiger partial charge in [0.15, 0.2) is 0 Å². The second-order valence-electron chi connectivity index (χ2n) is 3.65. The van der Waals surface area contributed by atoms with Crippen LogP contribution in [0.2, 0.25) is 10.0 Å². The Labute approximate surface area is 111 Å². The number of ether oxygens (including phenoxy) is 2. The van der Waals surface area contributed by atoms with Crippen LogP contribution in [-0.4, -0.2) is 18.7 Å². The molecule has 1 aromatic carbocycles. The molecule has 0 N–H and O–H groups in total. The summed E-state index contributed by atoms with van der Waals surface area (Å²) in [5.41, 5.74) is 0.287. The smallest absolute Gasteiger partial charge is 0.342 e. The van der Waals surface area contributed by atoms with E-state index in [0.29, 0.717) is 22.4 Å². The van der Waals surface area contributed by atoms with Crippen molar-refractivity contribution in [2.45, 2.75) is 26.9 Å². The maximum Gasteiger partial charge on any atom is 0.342 e. The highest BCUT2D eigenvalue weighted by molar-refractivity contribution is 6.42. The van der Waals surface area contributed by atoms with Gasteiger partial charge in [0.25, 0.3) is 0 Å². The van der Waals surface area contributed by atoms with Gasteiger partial charge in [-0.15, -0.1) is 0 Å². The fourth-order valence-electron chi connectivity index (χ4n) is 1.24. The molecule has 0 amide bonds. The lowest BCUT2D eigenvalue weighted by atomic mass is 10.2. The van der Waals surface area contributed by atoms with E-state index in [9.17, 15) is 4.79 Å². The Morgan fingerprint density at radius 3 is 2.41 bits per heavy atom. The number of carbonyl (C=O) groups excluding carboxylic acids is 1. The van der Waals surface area contributed by atoms with Gasteiger partial charge in [-0.2, -0.15) is 0 Å². The minimum atomic E-state index is -0.470. The maximum atomic E-state index is 11.8. The molecule has 0 spiro atoms. The van der Waals surface area contributed by atoms with E-state index >= 15 is 0 Å². The van der Waals surface area contributed by atoms with E-state index in [1.165, 1.54) is 12.1 Å². The largest absolute Gasteiger partial charge is 0.493 e. The minimum Gasteiger partial charge on any atom is -0.493 e. The number of rotatable bonds is 4. The molecule has 94 valence electrons. The predicted molar refractivity (Wildman–Crippen MR) is 68.2 cm³/mol. The van der Waals surface area contributed by atoms with Gasteiger partial charge in [-0.05, 0) is 26.8 Å². The summed E-state index contributed by atoms with van der Waals surface area (Å²) >= 11 is 11.7. The van der Waals surface area contributed by atoms with Crippen LogP contribution in [0.4, 0.5) is 0 Å². The van der Waals surface area contributed by atoms with Gasteiger partial charge >= 0.3 is 5.97 Å². The van der Waals surface area contributed by atoms with E-state index in [0.717, 1.165) is 0 Å². The Bertz CT molecular complexity index is 416. The third-order valence-corrected chi connectivity index (χ3v) is 2.61. The molecule has 3 nitrogen and oxygen atoms in total. The Hall–Kier alpha value is -0.930. The number of hydrogen-bond donors (Lipinski definition) is 0. The molecule has 0 aliphatic rings. The summed E-state index contributed by atoms with van der Waals surface area (Å²) < 4.78 is 10.4. The van der Waals surface area contributed by atoms with Crippen LogP contribution in [0.5, 0.6) is 5.75 Å². The molecule has 1 rings (SSSR count). The summed E-state index contributed by atoms with van der Waals surface area (Å²) in [6, 6.07) is 2.98. The van der Waals surface area contributed by atoms with Gasteiger partial charge in [0.05, 0.1) is 22.8 Å². The molecule has 0 aliphatic carbocycles. The summed E-state index contributed by atoms with van der Waals surface area (Å²) in [5.74, 6) is -0.0884. The number of halogens is 2. The topological polar surface area (TPSA) is 35.5 Å². The van der Waals surface area contributed by atoms with Crippen molar-refractivity contribution >= 4 is 29.2 Å². The Kier molecular flexibility index (Phi) is 5.09. The van der Waals surface area contributed by atoms with Gasteiger partial charge in [-0.1, -0.05) is 23.2 Å². The van der Waals surface area contributed by atoms with Gasteiger partial charge < -0.3 is 9.47 Å². The first kappa shape index (κ1) is 14.1. The first-order valence-corrected chi connectivity index (χ1v) is 6.04. The van der Waals surface area contributed by atoms with E-state index in [4.69, 9.17) is 32.7 Å². The van der Waals surface area contributed by atoms with Gasteiger partial charge in [-0.3, -0.25) is 0 Å². The lowest BCUT2D eigenvalue weighted by molar-refractivity contribution is 0.0373. The van der Waals surface area contributed by atoms with Crippen LogP contribution in [0.3, 0.4) is 0 Å². The molecule has 0 atom stereocenters. The van der Waals surface area contributed by atoms with E-state index in [1.54, 1.807) is 13.8 Å². The molecule has 0 fully saturated rings. The van der Waals surface area contributed by atoms with Crippen LogP contribution in [0.1, 0.15) is 31.1 Å². The van der Waals surface area contributed by atoms with E-state index in [1.807, 2.05) is 6.92 Å². The Balaban J connectivity index is 3.11. The quantitative estimate of drug-likeness (QED) is 0.781.